The summed E-state index contributed by atoms with van der Waals surface area (Å²) < 4.78 is 0. The highest BCUT2D eigenvalue weighted by atomic mass is 28.3. The summed E-state index contributed by atoms with van der Waals surface area (Å²) in [7, 11) is -1.00. The van der Waals surface area contributed by atoms with Crippen LogP contribution >= 0.6 is 0 Å². The van der Waals surface area contributed by atoms with Gasteiger partial charge in [0.1, 0.15) is 0 Å². The highest BCUT2D eigenvalue weighted by Gasteiger charge is 2.21. The number of hydrogen-bond donors (Lipinski definition) is 1. The number of rotatable bonds is 3. The molecule has 0 saturated carbocycles. The lowest BCUT2D eigenvalue weighted by atomic mass is 10.3. The zero-order valence-corrected chi connectivity index (χ0v) is 8.07. The second-order valence-corrected chi connectivity index (χ2v) is 9.23. The third-order valence-corrected chi connectivity index (χ3v) is 4.23. The van der Waals surface area contributed by atoms with E-state index in [2.05, 4.69) is 26.6 Å². The molecule has 0 fully saturated rings. The van der Waals surface area contributed by atoms with Gasteiger partial charge in [0.25, 0.3) is 0 Å². The summed E-state index contributed by atoms with van der Waals surface area (Å²) in [4.78, 5) is 0. The van der Waals surface area contributed by atoms with Gasteiger partial charge in [0.15, 0.2) is 0 Å². The summed E-state index contributed by atoms with van der Waals surface area (Å²) in [6.45, 7) is 9.17. The molecule has 0 heterocycles. The summed E-state index contributed by atoms with van der Waals surface area (Å²) in [5.41, 5.74) is 6.43. The van der Waals surface area contributed by atoms with E-state index < -0.39 is 8.07 Å². The van der Waals surface area contributed by atoms with E-state index in [1.165, 1.54) is 12.8 Å². The van der Waals surface area contributed by atoms with Gasteiger partial charge in [-0.1, -0.05) is 33.0 Å². The molecule has 1 nitrogen and oxygen atoms in total. The minimum Gasteiger partial charge on any atom is -0.330 e. The van der Waals surface area contributed by atoms with Gasteiger partial charge >= 0.3 is 0 Å². The van der Waals surface area contributed by atoms with Crippen LogP contribution in [0.25, 0.3) is 0 Å². The van der Waals surface area contributed by atoms with Crippen molar-refractivity contribution < 1.29 is 0 Å². The van der Waals surface area contributed by atoms with Crippen molar-refractivity contribution in [3.05, 3.63) is 0 Å². The summed E-state index contributed by atoms with van der Waals surface area (Å²) in [5, 5.41) is 0. The molecular weight excluding hydrogens is 126 g/mol. The zero-order chi connectivity index (χ0) is 7.49. The normalized spacial score (nSPS) is 15.7. The van der Waals surface area contributed by atoms with Gasteiger partial charge in [0.2, 0.25) is 0 Å². The maximum absolute atomic E-state index is 5.92. The standard InChI is InChI=1S/C7H19NSi/c1-5-6-7(8)9(2,3)4/h7H,5-6,8H2,1-4H3/t7-/m0/s1. The van der Waals surface area contributed by atoms with E-state index >= 15 is 0 Å². The first-order valence-electron chi connectivity index (χ1n) is 3.74. The van der Waals surface area contributed by atoms with Gasteiger partial charge in [-0.25, -0.2) is 0 Å². The van der Waals surface area contributed by atoms with Crippen LogP contribution in [-0.4, -0.2) is 13.7 Å². The Labute approximate surface area is 59.6 Å². The second-order valence-electron chi connectivity index (χ2n) is 3.76. The smallest absolute Gasteiger partial charge is 0.0632 e. The van der Waals surface area contributed by atoms with Crippen LogP contribution in [0, 0.1) is 0 Å². The van der Waals surface area contributed by atoms with Crippen LogP contribution in [0.15, 0.2) is 0 Å². The summed E-state index contributed by atoms with van der Waals surface area (Å²) in [6, 6.07) is 0. The lowest BCUT2D eigenvalue weighted by Gasteiger charge is -2.24. The lowest BCUT2D eigenvalue weighted by Crippen LogP contribution is -2.44. The van der Waals surface area contributed by atoms with Crippen LogP contribution in [0.1, 0.15) is 19.8 Å². The van der Waals surface area contributed by atoms with Crippen LogP contribution in [0.4, 0.5) is 0 Å². The number of hydrogen-bond acceptors (Lipinski definition) is 1. The van der Waals surface area contributed by atoms with Gasteiger partial charge in [-0.2, -0.15) is 0 Å². The highest BCUT2D eigenvalue weighted by molar-refractivity contribution is 6.77. The van der Waals surface area contributed by atoms with E-state index in [-0.39, 0.29) is 0 Å². The Morgan fingerprint density at radius 1 is 1.33 bits per heavy atom. The van der Waals surface area contributed by atoms with Crippen molar-refractivity contribution in [1.82, 2.24) is 0 Å². The fraction of sp³-hybridized carbons (Fsp3) is 1.00. The lowest BCUT2D eigenvalue weighted by molar-refractivity contribution is 0.732. The Balaban J connectivity index is 3.59. The molecule has 0 aromatic heterocycles. The molecule has 0 aliphatic heterocycles. The fourth-order valence-corrected chi connectivity index (χ4v) is 1.90. The quantitative estimate of drug-likeness (QED) is 0.604. The molecule has 0 amide bonds. The van der Waals surface area contributed by atoms with Crippen LogP contribution in [0.2, 0.25) is 19.6 Å². The first-order valence-corrected chi connectivity index (χ1v) is 7.31. The van der Waals surface area contributed by atoms with Crippen molar-refractivity contribution in [2.75, 3.05) is 0 Å². The Morgan fingerprint density at radius 2 is 1.78 bits per heavy atom. The van der Waals surface area contributed by atoms with E-state index in [0.29, 0.717) is 5.67 Å². The fourth-order valence-electron chi connectivity index (χ4n) is 0.744. The number of nitrogens with two attached hydrogens (primary N) is 1. The Kier molecular flexibility index (Phi) is 3.44. The Hall–Kier alpha value is 0.177. The zero-order valence-electron chi connectivity index (χ0n) is 7.07. The molecule has 0 saturated heterocycles. The molecule has 0 aliphatic rings. The predicted molar refractivity (Wildman–Crippen MR) is 46.2 cm³/mol. The van der Waals surface area contributed by atoms with Crippen molar-refractivity contribution in [2.45, 2.75) is 45.1 Å². The molecule has 56 valence electrons. The van der Waals surface area contributed by atoms with Crippen molar-refractivity contribution in [1.29, 1.82) is 0 Å². The third-order valence-electron chi connectivity index (χ3n) is 1.71. The molecule has 0 bridgehead atoms. The van der Waals surface area contributed by atoms with Gasteiger partial charge in [0, 0.05) is 0 Å². The molecule has 0 spiro atoms. The van der Waals surface area contributed by atoms with E-state index in [0.717, 1.165) is 0 Å². The molecule has 2 N–H and O–H groups in total. The van der Waals surface area contributed by atoms with Crippen molar-refractivity contribution in [3.63, 3.8) is 0 Å². The minimum absolute atomic E-state index is 0.502. The Bertz CT molecular complexity index is 75.5. The van der Waals surface area contributed by atoms with E-state index in [1.807, 2.05) is 0 Å². The molecule has 1 atom stereocenters. The van der Waals surface area contributed by atoms with E-state index in [1.54, 1.807) is 0 Å². The maximum atomic E-state index is 5.92. The minimum atomic E-state index is -1.00. The largest absolute Gasteiger partial charge is 0.330 e. The molecule has 0 radical (unpaired) electrons. The van der Waals surface area contributed by atoms with Gasteiger partial charge in [-0.3, -0.25) is 0 Å². The molecule has 0 aromatic rings. The maximum Gasteiger partial charge on any atom is 0.0632 e. The van der Waals surface area contributed by atoms with Gasteiger partial charge in [0.05, 0.1) is 8.07 Å². The Morgan fingerprint density at radius 3 is 1.89 bits per heavy atom. The first-order chi connectivity index (χ1) is 3.98. The SMILES string of the molecule is CCC[C@@H](N)[Si](C)(C)C. The van der Waals surface area contributed by atoms with Crippen molar-refractivity contribution >= 4 is 8.07 Å². The average Bonchev–Trinajstić information content (AvgIpc) is 1.64. The van der Waals surface area contributed by atoms with Gasteiger partial charge in [-0.05, 0) is 12.1 Å². The summed E-state index contributed by atoms with van der Waals surface area (Å²) >= 11 is 0. The first kappa shape index (κ1) is 9.18. The highest BCUT2D eigenvalue weighted by Crippen LogP contribution is 2.09. The van der Waals surface area contributed by atoms with Crippen molar-refractivity contribution in [2.24, 2.45) is 5.73 Å². The van der Waals surface area contributed by atoms with Crippen LogP contribution in [0.5, 0.6) is 0 Å². The van der Waals surface area contributed by atoms with Crippen LogP contribution in [-0.2, 0) is 0 Å². The van der Waals surface area contributed by atoms with E-state index in [9.17, 15) is 0 Å². The summed E-state index contributed by atoms with van der Waals surface area (Å²) in [6.07, 6.45) is 2.43. The molecule has 0 unspecified atom stereocenters. The van der Waals surface area contributed by atoms with Crippen molar-refractivity contribution in [3.8, 4) is 0 Å². The van der Waals surface area contributed by atoms with Crippen LogP contribution in [0.3, 0.4) is 0 Å². The van der Waals surface area contributed by atoms with E-state index in [4.69, 9.17) is 5.73 Å². The monoisotopic (exact) mass is 145 g/mol. The molecule has 9 heavy (non-hydrogen) atoms. The molecule has 0 aliphatic carbocycles. The molecular formula is C7H19NSi. The topological polar surface area (TPSA) is 26.0 Å². The summed E-state index contributed by atoms with van der Waals surface area (Å²) in [5.74, 6) is 0. The third kappa shape index (κ3) is 3.70. The van der Waals surface area contributed by atoms with Gasteiger partial charge < -0.3 is 5.73 Å². The second kappa shape index (κ2) is 3.37. The average molecular weight is 145 g/mol. The molecule has 0 aromatic carbocycles. The van der Waals surface area contributed by atoms with Crippen LogP contribution < -0.4 is 5.73 Å². The molecule has 0 rings (SSSR count). The van der Waals surface area contributed by atoms with Gasteiger partial charge in [-0.15, -0.1) is 0 Å². The predicted octanol–water partition coefficient (Wildman–Crippen LogP) is 1.99. The molecule has 2 heteroatoms.